The first-order valence-corrected chi connectivity index (χ1v) is 10.5. The number of benzene rings is 2. The molecule has 4 rings (SSSR count). The van der Waals surface area contributed by atoms with Crippen molar-refractivity contribution in [3.05, 3.63) is 54.2 Å². The molecule has 1 aliphatic rings. The van der Waals surface area contributed by atoms with Crippen molar-refractivity contribution in [1.29, 1.82) is 0 Å². The van der Waals surface area contributed by atoms with Gasteiger partial charge in [0.15, 0.2) is 0 Å². The van der Waals surface area contributed by atoms with Gasteiger partial charge in [0.05, 0.1) is 23.8 Å². The molecule has 5 nitrogen and oxygen atoms in total. The summed E-state index contributed by atoms with van der Waals surface area (Å²) in [6.45, 7) is 9.53. The quantitative estimate of drug-likeness (QED) is 0.638. The largest absolute Gasteiger partial charge is 0.476 e. The van der Waals surface area contributed by atoms with E-state index in [0.29, 0.717) is 18.4 Å². The fourth-order valence-corrected chi connectivity index (χ4v) is 3.80. The molecule has 3 aromatic rings. The monoisotopic (exact) mass is 390 g/mol. The second kappa shape index (κ2) is 8.37. The first kappa shape index (κ1) is 19.6. The van der Waals surface area contributed by atoms with Crippen LogP contribution in [0.3, 0.4) is 0 Å². The molecule has 0 unspecified atom stereocenters. The van der Waals surface area contributed by atoms with Gasteiger partial charge in [0.1, 0.15) is 0 Å². The lowest BCUT2D eigenvalue weighted by Crippen LogP contribution is -2.30. The van der Waals surface area contributed by atoms with Crippen LogP contribution < -0.4 is 15.4 Å². The van der Waals surface area contributed by atoms with Crippen LogP contribution in [0.5, 0.6) is 5.88 Å². The molecule has 29 heavy (non-hydrogen) atoms. The number of hydrogen-bond donors (Lipinski definition) is 2. The summed E-state index contributed by atoms with van der Waals surface area (Å²) in [6.07, 6.45) is 4.04. The van der Waals surface area contributed by atoms with Gasteiger partial charge in [-0.15, -0.1) is 0 Å². The summed E-state index contributed by atoms with van der Waals surface area (Å²) >= 11 is 0. The zero-order valence-corrected chi connectivity index (χ0v) is 17.5. The highest BCUT2D eigenvalue weighted by Crippen LogP contribution is 2.32. The topological polar surface area (TPSA) is 59.1 Å². The van der Waals surface area contributed by atoms with Crippen LogP contribution in [-0.2, 0) is 5.41 Å². The second-order valence-corrected chi connectivity index (χ2v) is 8.84. The molecule has 0 amide bonds. The Hall–Kier alpha value is -2.66. The maximum absolute atomic E-state index is 5.95. The molecule has 0 radical (unpaired) electrons. The molecule has 1 aliphatic heterocycles. The van der Waals surface area contributed by atoms with Gasteiger partial charge in [0, 0.05) is 11.4 Å². The second-order valence-electron chi connectivity index (χ2n) is 8.84. The predicted molar refractivity (Wildman–Crippen MR) is 119 cm³/mol. The van der Waals surface area contributed by atoms with Crippen molar-refractivity contribution >= 4 is 22.4 Å². The minimum absolute atomic E-state index is 0.0654. The Bertz CT molecular complexity index is 974. The number of aromatic nitrogens is 2. The Morgan fingerprint density at radius 3 is 2.66 bits per heavy atom. The Balaban J connectivity index is 1.53. The number of para-hydroxylation sites is 1. The number of fused-ring (bicyclic) bond motifs is 1. The number of nitrogens with one attached hydrogen (secondary N) is 2. The molecule has 0 saturated carbocycles. The van der Waals surface area contributed by atoms with Gasteiger partial charge in [-0.1, -0.05) is 39.0 Å². The molecule has 2 N–H and O–H groups in total. The zero-order chi connectivity index (χ0) is 20.3. The molecule has 0 bridgehead atoms. The molecular weight excluding hydrogens is 360 g/mol. The van der Waals surface area contributed by atoms with Crippen LogP contribution >= 0.6 is 0 Å². The molecule has 5 heteroatoms. The lowest BCUT2D eigenvalue weighted by molar-refractivity contribution is 0.209. The normalized spacial score (nSPS) is 15.4. The standard InChI is InChI=1S/C24H30N4O/c1-24(2,3)19-6-4-5-7-20(19)27-18-8-9-21-22(14-18)28-23(15-26-21)29-16-17-10-12-25-13-11-17/h4-9,14-15,17,25,27H,10-13,16H2,1-3H3. The third-order valence-electron chi connectivity index (χ3n) is 5.46. The fraction of sp³-hybridized carbons (Fsp3) is 0.417. The van der Waals surface area contributed by atoms with Gasteiger partial charge in [0.2, 0.25) is 5.88 Å². The van der Waals surface area contributed by atoms with Gasteiger partial charge in [-0.05, 0) is 67.1 Å². The van der Waals surface area contributed by atoms with Crippen molar-refractivity contribution in [3.8, 4) is 5.88 Å². The van der Waals surface area contributed by atoms with E-state index in [9.17, 15) is 0 Å². The molecule has 152 valence electrons. The van der Waals surface area contributed by atoms with Crippen molar-refractivity contribution < 1.29 is 4.74 Å². The Morgan fingerprint density at radius 1 is 1.07 bits per heavy atom. The van der Waals surface area contributed by atoms with Crippen molar-refractivity contribution in [3.63, 3.8) is 0 Å². The Kier molecular flexibility index (Phi) is 5.67. The Labute approximate surface area is 172 Å². The molecular formula is C24H30N4O. The average molecular weight is 391 g/mol. The first-order valence-electron chi connectivity index (χ1n) is 10.5. The van der Waals surface area contributed by atoms with E-state index in [-0.39, 0.29) is 5.41 Å². The number of ether oxygens (including phenoxy) is 1. The SMILES string of the molecule is CC(C)(C)c1ccccc1Nc1ccc2ncc(OCC3CCNCC3)nc2c1. The van der Waals surface area contributed by atoms with Crippen molar-refractivity contribution in [2.45, 2.75) is 39.0 Å². The van der Waals surface area contributed by atoms with Gasteiger partial charge in [-0.3, -0.25) is 0 Å². The molecule has 1 saturated heterocycles. The molecule has 1 fully saturated rings. The van der Waals surface area contributed by atoms with E-state index in [2.05, 4.69) is 60.7 Å². The Morgan fingerprint density at radius 2 is 1.86 bits per heavy atom. The highest BCUT2D eigenvalue weighted by molar-refractivity contribution is 5.80. The van der Waals surface area contributed by atoms with E-state index in [1.807, 2.05) is 18.2 Å². The smallest absolute Gasteiger partial charge is 0.232 e. The van der Waals surface area contributed by atoms with Gasteiger partial charge in [-0.2, -0.15) is 0 Å². The van der Waals surface area contributed by atoms with Crippen LogP contribution in [-0.4, -0.2) is 29.7 Å². The van der Waals surface area contributed by atoms with Crippen LogP contribution in [0.4, 0.5) is 11.4 Å². The maximum atomic E-state index is 5.95. The van der Waals surface area contributed by atoms with Crippen LogP contribution in [0.15, 0.2) is 48.7 Å². The van der Waals surface area contributed by atoms with Crippen molar-refractivity contribution in [2.75, 3.05) is 25.0 Å². The van der Waals surface area contributed by atoms with Crippen LogP contribution in [0, 0.1) is 5.92 Å². The van der Waals surface area contributed by atoms with Gasteiger partial charge in [0.25, 0.3) is 0 Å². The highest BCUT2D eigenvalue weighted by atomic mass is 16.5. The maximum Gasteiger partial charge on any atom is 0.232 e. The number of anilines is 2. The van der Waals surface area contributed by atoms with Crippen LogP contribution in [0.1, 0.15) is 39.2 Å². The molecule has 1 aromatic heterocycles. The van der Waals surface area contributed by atoms with Gasteiger partial charge in [-0.25, -0.2) is 9.97 Å². The van der Waals surface area contributed by atoms with E-state index in [4.69, 9.17) is 9.72 Å². The summed E-state index contributed by atoms with van der Waals surface area (Å²) in [5.74, 6) is 1.19. The number of piperidine rings is 1. The van der Waals surface area contributed by atoms with E-state index >= 15 is 0 Å². The summed E-state index contributed by atoms with van der Waals surface area (Å²) in [5.41, 5.74) is 5.17. The summed E-state index contributed by atoms with van der Waals surface area (Å²) in [4.78, 5) is 9.21. The summed E-state index contributed by atoms with van der Waals surface area (Å²) in [7, 11) is 0. The molecule has 2 heterocycles. The number of rotatable bonds is 5. The fourth-order valence-electron chi connectivity index (χ4n) is 3.80. The zero-order valence-electron chi connectivity index (χ0n) is 17.5. The summed E-state index contributed by atoms with van der Waals surface area (Å²) in [5, 5.41) is 6.94. The van der Waals surface area contributed by atoms with Crippen molar-refractivity contribution in [1.82, 2.24) is 15.3 Å². The molecule has 0 aliphatic carbocycles. The molecule has 2 aromatic carbocycles. The summed E-state index contributed by atoms with van der Waals surface area (Å²) < 4.78 is 5.95. The average Bonchev–Trinajstić information content (AvgIpc) is 2.72. The first-order chi connectivity index (χ1) is 14.0. The van der Waals surface area contributed by atoms with Gasteiger partial charge >= 0.3 is 0 Å². The van der Waals surface area contributed by atoms with Crippen LogP contribution in [0.2, 0.25) is 0 Å². The predicted octanol–water partition coefficient (Wildman–Crippen LogP) is 5.05. The minimum Gasteiger partial charge on any atom is -0.476 e. The number of nitrogens with zero attached hydrogens (tertiary/aromatic N) is 2. The third-order valence-corrected chi connectivity index (χ3v) is 5.46. The number of hydrogen-bond acceptors (Lipinski definition) is 5. The lowest BCUT2D eigenvalue weighted by atomic mass is 9.86. The van der Waals surface area contributed by atoms with Crippen LogP contribution in [0.25, 0.3) is 11.0 Å². The van der Waals surface area contributed by atoms with E-state index in [0.717, 1.165) is 48.3 Å². The molecule has 0 spiro atoms. The highest BCUT2D eigenvalue weighted by Gasteiger charge is 2.18. The van der Waals surface area contributed by atoms with Gasteiger partial charge < -0.3 is 15.4 Å². The summed E-state index contributed by atoms with van der Waals surface area (Å²) in [6, 6.07) is 14.5. The minimum atomic E-state index is 0.0654. The van der Waals surface area contributed by atoms with E-state index in [1.165, 1.54) is 5.56 Å². The van der Waals surface area contributed by atoms with Crippen molar-refractivity contribution in [2.24, 2.45) is 5.92 Å². The van der Waals surface area contributed by atoms with E-state index in [1.54, 1.807) is 6.20 Å². The molecule has 0 atom stereocenters. The third kappa shape index (κ3) is 4.85. The van der Waals surface area contributed by atoms with E-state index < -0.39 is 0 Å². The lowest BCUT2D eigenvalue weighted by Gasteiger charge is -2.23.